The van der Waals surface area contributed by atoms with E-state index in [1.807, 2.05) is 24.3 Å². The van der Waals surface area contributed by atoms with Gasteiger partial charge in [0.2, 0.25) is 0 Å². The summed E-state index contributed by atoms with van der Waals surface area (Å²) in [6, 6.07) is 7.57. The molecule has 1 unspecified atom stereocenters. The quantitative estimate of drug-likeness (QED) is 0.427. The van der Waals surface area contributed by atoms with Gasteiger partial charge in [-0.15, -0.1) is 0 Å². The Morgan fingerprint density at radius 2 is 1.76 bits per heavy atom. The molecule has 5 heteroatoms. The normalized spacial score (nSPS) is 44.4. The van der Waals surface area contributed by atoms with E-state index in [1.165, 1.54) is 5.57 Å². The second-order valence-electron chi connectivity index (χ2n) is 11.7. The van der Waals surface area contributed by atoms with Crippen LogP contribution in [0, 0.1) is 28.6 Å². The van der Waals surface area contributed by atoms with Crippen molar-refractivity contribution in [3.05, 3.63) is 46.5 Å². The van der Waals surface area contributed by atoms with Crippen LogP contribution in [0.4, 0.5) is 0 Å². The highest BCUT2D eigenvalue weighted by Gasteiger charge is 2.65. The first-order chi connectivity index (χ1) is 15.5. The molecule has 0 amide bonds. The molecule has 4 nitrogen and oxygen atoms in total. The molecule has 1 aromatic rings. The number of halogens is 1. The number of allylic oxidation sites excluding steroid dienone is 1. The van der Waals surface area contributed by atoms with E-state index in [0.29, 0.717) is 48.6 Å². The van der Waals surface area contributed by atoms with E-state index >= 15 is 0 Å². The van der Waals surface area contributed by atoms with Gasteiger partial charge in [-0.05, 0) is 86.3 Å². The van der Waals surface area contributed by atoms with E-state index in [0.717, 1.165) is 37.7 Å². The summed E-state index contributed by atoms with van der Waals surface area (Å²) in [6.07, 6.45) is 8.86. The van der Waals surface area contributed by atoms with Crippen molar-refractivity contribution < 1.29 is 19.7 Å². The molecule has 4 aliphatic rings. The fourth-order valence-electron chi connectivity index (χ4n) is 8.13. The van der Waals surface area contributed by atoms with E-state index in [4.69, 9.17) is 16.3 Å². The number of ether oxygens (including phenoxy) is 1. The zero-order valence-corrected chi connectivity index (χ0v) is 20.8. The molecule has 0 bridgehead atoms. The molecular weight excluding hydrogens is 436 g/mol. The Kier molecular flexibility index (Phi) is 5.64. The van der Waals surface area contributed by atoms with Gasteiger partial charge in [-0.3, -0.25) is 4.79 Å². The Morgan fingerprint density at radius 1 is 1.06 bits per heavy atom. The topological polar surface area (TPSA) is 66.8 Å². The average molecular weight is 473 g/mol. The summed E-state index contributed by atoms with van der Waals surface area (Å²) in [6.45, 7) is 6.47. The van der Waals surface area contributed by atoms with Gasteiger partial charge < -0.3 is 14.9 Å². The van der Waals surface area contributed by atoms with E-state index in [9.17, 15) is 15.0 Å². The molecule has 180 valence electrons. The lowest BCUT2D eigenvalue weighted by atomic mass is 9.46. The molecule has 0 spiro atoms. The number of carbonyl (C=O) groups is 1. The number of rotatable bonds is 4. The van der Waals surface area contributed by atoms with Gasteiger partial charge in [-0.25, -0.2) is 0 Å². The first-order valence-corrected chi connectivity index (χ1v) is 12.9. The lowest BCUT2D eigenvalue weighted by molar-refractivity contribution is -0.232. The lowest BCUT2D eigenvalue weighted by Crippen LogP contribution is -2.57. The van der Waals surface area contributed by atoms with Crippen molar-refractivity contribution in [2.75, 3.05) is 0 Å². The SMILES string of the molecule is CC(=O)[C@@]1(O)CC[C@H]2[C@@H]3CC=C4CC(O)(OCc5ccc(Cl)cc5)CC[C@]4(C)[C@H]3CC[C@@]21C. The summed E-state index contributed by atoms with van der Waals surface area (Å²) in [4.78, 5) is 12.4. The number of fused-ring (bicyclic) bond motifs is 5. The van der Waals surface area contributed by atoms with Crippen molar-refractivity contribution in [1.82, 2.24) is 0 Å². The second kappa shape index (κ2) is 7.91. The van der Waals surface area contributed by atoms with Crippen molar-refractivity contribution in [2.45, 2.75) is 90.1 Å². The van der Waals surface area contributed by atoms with Gasteiger partial charge >= 0.3 is 0 Å². The minimum absolute atomic E-state index is 0.0526. The number of carbonyl (C=O) groups excluding carboxylic acids is 1. The van der Waals surface area contributed by atoms with Gasteiger partial charge in [-0.2, -0.15) is 0 Å². The molecule has 5 rings (SSSR count). The summed E-state index contributed by atoms with van der Waals surface area (Å²) in [5.41, 5.74) is 0.896. The van der Waals surface area contributed by atoms with Crippen LogP contribution < -0.4 is 0 Å². The first kappa shape index (κ1) is 23.5. The number of ketones is 1. The summed E-state index contributed by atoms with van der Waals surface area (Å²) in [7, 11) is 0. The van der Waals surface area contributed by atoms with E-state index in [1.54, 1.807) is 6.92 Å². The third-order valence-corrected chi connectivity index (χ3v) is 10.5. The van der Waals surface area contributed by atoms with Crippen LogP contribution in [0.25, 0.3) is 0 Å². The molecule has 4 aliphatic carbocycles. The van der Waals surface area contributed by atoms with Crippen LogP contribution in [0.2, 0.25) is 5.02 Å². The van der Waals surface area contributed by atoms with E-state index in [-0.39, 0.29) is 16.6 Å². The molecule has 0 aromatic heterocycles. The van der Waals surface area contributed by atoms with Gasteiger partial charge in [0.1, 0.15) is 5.60 Å². The number of aliphatic hydroxyl groups is 2. The Labute approximate surface area is 202 Å². The van der Waals surface area contributed by atoms with Crippen LogP contribution in [0.15, 0.2) is 35.9 Å². The smallest absolute Gasteiger partial charge is 0.169 e. The van der Waals surface area contributed by atoms with E-state index < -0.39 is 11.4 Å². The van der Waals surface area contributed by atoms with Crippen molar-refractivity contribution in [1.29, 1.82) is 0 Å². The molecule has 3 fully saturated rings. The second-order valence-corrected chi connectivity index (χ2v) is 12.1. The van der Waals surface area contributed by atoms with Crippen molar-refractivity contribution in [3.63, 3.8) is 0 Å². The molecule has 1 aromatic carbocycles. The standard InChI is InChI=1S/C28H37ClO4/c1-18(30)28(32)13-11-24-22-9-6-20-16-27(31,33-17-19-4-7-21(29)8-5-19)15-14-25(20,2)23(22)10-12-26(24,28)3/h4-8,22-24,31-32H,9-17H2,1-3H3/t22-,23+,24+,25+,26+,27?,28+/m1/s1. The Hall–Kier alpha value is -1.20. The van der Waals surface area contributed by atoms with Gasteiger partial charge in [0, 0.05) is 23.3 Å². The van der Waals surface area contributed by atoms with Gasteiger partial charge in [0.05, 0.1) is 6.61 Å². The molecule has 0 radical (unpaired) electrons. The van der Waals surface area contributed by atoms with Gasteiger partial charge in [0.25, 0.3) is 0 Å². The summed E-state index contributed by atoms with van der Waals surface area (Å²) < 4.78 is 6.07. The lowest BCUT2D eigenvalue weighted by Gasteiger charge is -2.59. The average Bonchev–Trinajstić information content (AvgIpc) is 3.06. The van der Waals surface area contributed by atoms with Crippen LogP contribution >= 0.6 is 11.6 Å². The maximum Gasteiger partial charge on any atom is 0.169 e. The predicted molar refractivity (Wildman–Crippen MR) is 129 cm³/mol. The highest BCUT2D eigenvalue weighted by atomic mass is 35.5. The molecule has 0 saturated heterocycles. The Morgan fingerprint density at radius 3 is 2.45 bits per heavy atom. The fraction of sp³-hybridized carbons (Fsp3) is 0.679. The third-order valence-electron chi connectivity index (χ3n) is 10.3. The molecule has 7 atom stereocenters. The van der Waals surface area contributed by atoms with Crippen molar-refractivity contribution in [3.8, 4) is 0 Å². The molecule has 2 N–H and O–H groups in total. The molecule has 0 heterocycles. The molecular formula is C28H37ClO4. The Bertz CT molecular complexity index is 973. The molecule has 33 heavy (non-hydrogen) atoms. The first-order valence-electron chi connectivity index (χ1n) is 12.5. The summed E-state index contributed by atoms with van der Waals surface area (Å²) in [5.74, 6) is 0.202. The summed E-state index contributed by atoms with van der Waals surface area (Å²) in [5, 5.41) is 23.3. The Balaban J connectivity index is 1.34. The van der Waals surface area contributed by atoms with Crippen LogP contribution in [-0.4, -0.2) is 27.4 Å². The monoisotopic (exact) mass is 472 g/mol. The number of benzene rings is 1. The van der Waals surface area contributed by atoms with Crippen LogP contribution in [0.5, 0.6) is 0 Å². The molecule has 3 saturated carbocycles. The van der Waals surface area contributed by atoms with Crippen LogP contribution in [-0.2, 0) is 16.1 Å². The van der Waals surface area contributed by atoms with Gasteiger partial charge in [0.15, 0.2) is 11.6 Å². The maximum atomic E-state index is 12.4. The minimum Gasteiger partial charge on any atom is -0.382 e. The van der Waals surface area contributed by atoms with Gasteiger partial charge in [-0.1, -0.05) is 49.2 Å². The largest absolute Gasteiger partial charge is 0.382 e. The maximum absolute atomic E-state index is 12.4. The van der Waals surface area contributed by atoms with Crippen molar-refractivity contribution in [2.24, 2.45) is 28.6 Å². The molecule has 0 aliphatic heterocycles. The number of Topliss-reactive ketones (excluding diaryl/α,β-unsaturated/α-hetero) is 1. The zero-order valence-electron chi connectivity index (χ0n) is 20.1. The number of hydrogen-bond acceptors (Lipinski definition) is 4. The van der Waals surface area contributed by atoms with Crippen molar-refractivity contribution >= 4 is 17.4 Å². The highest BCUT2D eigenvalue weighted by Crippen LogP contribution is 2.67. The van der Waals surface area contributed by atoms with E-state index in [2.05, 4.69) is 19.9 Å². The third kappa shape index (κ3) is 3.55. The zero-order chi connectivity index (χ0) is 23.6. The fourth-order valence-corrected chi connectivity index (χ4v) is 8.26. The predicted octanol–water partition coefficient (Wildman–Crippen LogP) is 5.83. The van der Waals surface area contributed by atoms with Crippen LogP contribution in [0.3, 0.4) is 0 Å². The highest BCUT2D eigenvalue weighted by molar-refractivity contribution is 6.30. The summed E-state index contributed by atoms with van der Waals surface area (Å²) >= 11 is 5.98. The minimum atomic E-state index is -1.17. The van der Waals surface area contributed by atoms with Crippen LogP contribution in [0.1, 0.15) is 77.7 Å². The number of hydrogen-bond donors (Lipinski definition) is 2.